The van der Waals surface area contributed by atoms with Crippen LogP contribution in [0.4, 0.5) is 5.82 Å². The Balaban J connectivity index is 1.62. The molecule has 0 radical (unpaired) electrons. The Labute approximate surface area is 149 Å². The number of aromatic nitrogens is 4. The molecule has 3 N–H and O–H groups in total. The summed E-state index contributed by atoms with van der Waals surface area (Å²) in [7, 11) is 0. The summed E-state index contributed by atoms with van der Waals surface area (Å²) in [4.78, 5) is 30.0. The topological polar surface area (TPSA) is 116 Å². The lowest BCUT2D eigenvalue weighted by molar-refractivity contribution is -0.125. The van der Waals surface area contributed by atoms with Gasteiger partial charge >= 0.3 is 0 Å². The number of hydrogen-bond donors (Lipinski definition) is 3. The number of nitrogens with one attached hydrogen (secondary N) is 2. The zero-order valence-electron chi connectivity index (χ0n) is 13.7. The molecule has 1 fully saturated rings. The number of carbonyl (C=O) groups is 1. The molecule has 136 valence electrons. The number of ether oxygens (including phenoxy) is 1. The molecule has 1 amide bonds. The Morgan fingerprint density at radius 3 is 3.20 bits per heavy atom. The second-order valence-corrected chi connectivity index (χ2v) is 6.17. The van der Waals surface area contributed by atoms with Gasteiger partial charge in [0, 0.05) is 19.6 Å². The molecule has 1 aliphatic heterocycles. The Hall–Kier alpha value is -1.97. The number of rotatable bonds is 7. The number of aliphatic hydroxyl groups is 1. The average molecular weight is 369 g/mol. The van der Waals surface area contributed by atoms with Gasteiger partial charge in [-0.2, -0.15) is 9.97 Å². The third-order valence-corrected chi connectivity index (χ3v) is 4.28. The van der Waals surface area contributed by atoms with Crippen molar-refractivity contribution >= 4 is 34.5 Å². The van der Waals surface area contributed by atoms with Gasteiger partial charge in [0.05, 0.1) is 32.1 Å². The van der Waals surface area contributed by atoms with Gasteiger partial charge in [0.15, 0.2) is 11.5 Å². The van der Waals surface area contributed by atoms with Gasteiger partial charge in [0.25, 0.3) is 0 Å². The minimum atomic E-state index is -0.127. The number of imidazole rings is 1. The van der Waals surface area contributed by atoms with Crippen LogP contribution in [0.15, 0.2) is 6.33 Å². The molecule has 0 bridgehead atoms. The van der Waals surface area contributed by atoms with E-state index >= 15 is 0 Å². The molecular weight excluding hydrogens is 348 g/mol. The van der Waals surface area contributed by atoms with Gasteiger partial charge in [0.2, 0.25) is 11.2 Å². The van der Waals surface area contributed by atoms with E-state index in [9.17, 15) is 4.79 Å². The van der Waals surface area contributed by atoms with Crippen LogP contribution in [0, 0.1) is 5.92 Å². The summed E-state index contributed by atoms with van der Waals surface area (Å²) in [6, 6.07) is 0. The van der Waals surface area contributed by atoms with E-state index in [4.69, 9.17) is 21.4 Å². The molecule has 2 aromatic rings. The lowest BCUT2D eigenvalue weighted by Crippen LogP contribution is -2.44. The molecule has 1 atom stereocenters. The highest BCUT2D eigenvalue weighted by molar-refractivity contribution is 6.28. The minimum Gasteiger partial charge on any atom is -0.394 e. The van der Waals surface area contributed by atoms with Crippen molar-refractivity contribution in [2.75, 3.05) is 44.4 Å². The van der Waals surface area contributed by atoms with Crippen molar-refractivity contribution < 1.29 is 14.6 Å². The second kappa shape index (κ2) is 8.41. The number of piperidine rings is 1. The zero-order chi connectivity index (χ0) is 17.6. The second-order valence-electron chi connectivity index (χ2n) is 5.83. The van der Waals surface area contributed by atoms with Crippen molar-refractivity contribution in [2.45, 2.75) is 12.8 Å². The van der Waals surface area contributed by atoms with E-state index in [0.717, 1.165) is 24.9 Å². The number of amides is 1. The van der Waals surface area contributed by atoms with Crippen molar-refractivity contribution in [3.05, 3.63) is 11.6 Å². The number of hydrogen-bond acceptors (Lipinski definition) is 7. The van der Waals surface area contributed by atoms with Crippen LogP contribution >= 0.6 is 11.6 Å². The van der Waals surface area contributed by atoms with E-state index in [1.807, 2.05) is 4.90 Å². The minimum absolute atomic E-state index is 0.00157. The third-order valence-electron chi connectivity index (χ3n) is 4.11. The summed E-state index contributed by atoms with van der Waals surface area (Å²) in [5, 5.41) is 11.7. The first kappa shape index (κ1) is 17.8. The Kier molecular flexibility index (Phi) is 6.00. The molecule has 0 unspecified atom stereocenters. The number of fused-ring (bicyclic) bond motifs is 1. The van der Waals surface area contributed by atoms with E-state index in [0.29, 0.717) is 31.2 Å². The van der Waals surface area contributed by atoms with E-state index in [-0.39, 0.29) is 30.3 Å². The van der Waals surface area contributed by atoms with Crippen LogP contribution in [0.1, 0.15) is 12.8 Å². The fourth-order valence-electron chi connectivity index (χ4n) is 2.96. The number of halogens is 1. The van der Waals surface area contributed by atoms with Gasteiger partial charge in [-0.15, -0.1) is 0 Å². The molecule has 25 heavy (non-hydrogen) atoms. The SMILES string of the molecule is O=C(NCCOCCO)[C@@H]1CCCN(c2nc(Cl)nc3nc[nH]c23)C1. The van der Waals surface area contributed by atoms with E-state index in [2.05, 4.69) is 25.3 Å². The molecule has 2 aromatic heterocycles. The monoisotopic (exact) mass is 368 g/mol. The maximum absolute atomic E-state index is 12.4. The predicted molar refractivity (Wildman–Crippen MR) is 92.5 cm³/mol. The molecule has 3 rings (SSSR count). The number of nitrogens with zero attached hydrogens (tertiary/aromatic N) is 4. The van der Waals surface area contributed by atoms with Crippen LogP contribution in [0.2, 0.25) is 5.28 Å². The highest BCUT2D eigenvalue weighted by Crippen LogP contribution is 2.27. The summed E-state index contributed by atoms with van der Waals surface area (Å²) >= 11 is 6.00. The standard InChI is InChI=1S/C15H21ClN6O3/c16-15-20-12-11(18-9-19-12)13(21-15)22-4-1-2-10(8-22)14(24)17-3-6-25-7-5-23/h9-10,23H,1-8H2,(H,17,24)(H,18,19,20,21)/t10-/m1/s1. The summed E-state index contributed by atoms with van der Waals surface area (Å²) in [5.74, 6) is 0.549. The first-order valence-electron chi connectivity index (χ1n) is 8.27. The fraction of sp³-hybridized carbons (Fsp3) is 0.600. The zero-order valence-corrected chi connectivity index (χ0v) is 14.5. The molecule has 0 spiro atoms. The van der Waals surface area contributed by atoms with Gasteiger partial charge in [-0.3, -0.25) is 4.79 Å². The Morgan fingerprint density at radius 2 is 2.36 bits per heavy atom. The van der Waals surface area contributed by atoms with E-state index < -0.39 is 0 Å². The quantitative estimate of drug-likeness (QED) is 0.477. The number of anilines is 1. The molecule has 1 saturated heterocycles. The largest absolute Gasteiger partial charge is 0.394 e. The molecule has 0 saturated carbocycles. The highest BCUT2D eigenvalue weighted by atomic mass is 35.5. The molecule has 0 aliphatic carbocycles. The molecular formula is C15H21ClN6O3. The van der Waals surface area contributed by atoms with Gasteiger partial charge in [0.1, 0.15) is 5.52 Å². The van der Waals surface area contributed by atoms with E-state index in [1.165, 1.54) is 0 Å². The number of H-pyrrole nitrogens is 1. The summed E-state index contributed by atoms with van der Waals surface area (Å²) in [6.07, 6.45) is 3.26. The molecule has 10 heteroatoms. The number of carbonyl (C=O) groups excluding carboxylic acids is 1. The molecule has 9 nitrogen and oxygen atoms in total. The van der Waals surface area contributed by atoms with Gasteiger partial charge < -0.3 is 25.0 Å². The summed E-state index contributed by atoms with van der Waals surface area (Å²) in [5.41, 5.74) is 1.24. The summed E-state index contributed by atoms with van der Waals surface area (Å²) < 4.78 is 5.15. The molecule has 0 aromatic carbocycles. The third kappa shape index (κ3) is 4.36. The van der Waals surface area contributed by atoms with Crippen molar-refractivity contribution in [1.29, 1.82) is 0 Å². The maximum Gasteiger partial charge on any atom is 0.226 e. The van der Waals surface area contributed by atoms with Crippen molar-refractivity contribution in [2.24, 2.45) is 5.92 Å². The van der Waals surface area contributed by atoms with Crippen LogP contribution in [-0.4, -0.2) is 70.4 Å². The normalized spacial score (nSPS) is 17.8. The van der Waals surface area contributed by atoms with Gasteiger partial charge in [-0.05, 0) is 24.4 Å². The van der Waals surface area contributed by atoms with Gasteiger partial charge in [-0.1, -0.05) is 0 Å². The first-order chi connectivity index (χ1) is 12.2. The number of aromatic amines is 1. The smallest absolute Gasteiger partial charge is 0.226 e. The highest BCUT2D eigenvalue weighted by Gasteiger charge is 2.28. The van der Waals surface area contributed by atoms with Crippen molar-refractivity contribution in [3.63, 3.8) is 0 Å². The van der Waals surface area contributed by atoms with Crippen LogP contribution in [0.3, 0.4) is 0 Å². The Morgan fingerprint density at radius 1 is 1.48 bits per heavy atom. The lowest BCUT2D eigenvalue weighted by atomic mass is 9.97. The van der Waals surface area contributed by atoms with Crippen molar-refractivity contribution in [3.8, 4) is 0 Å². The van der Waals surface area contributed by atoms with Crippen LogP contribution in [0.5, 0.6) is 0 Å². The lowest BCUT2D eigenvalue weighted by Gasteiger charge is -2.33. The van der Waals surface area contributed by atoms with E-state index in [1.54, 1.807) is 6.33 Å². The van der Waals surface area contributed by atoms with Crippen LogP contribution in [0.25, 0.3) is 11.2 Å². The van der Waals surface area contributed by atoms with Crippen molar-refractivity contribution in [1.82, 2.24) is 25.3 Å². The fourth-order valence-corrected chi connectivity index (χ4v) is 3.12. The summed E-state index contributed by atoms with van der Waals surface area (Å²) in [6.45, 7) is 2.44. The predicted octanol–water partition coefficient (Wildman–Crippen LogP) is 0.348. The molecule has 3 heterocycles. The number of aliphatic hydroxyl groups excluding tert-OH is 1. The first-order valence-corrected chi connectivity index (χ1v) is 8.64. The van der Waals surface area contributed by atoms with Crippen LogP contribution < -0.4 is 10.2 Å². The van der Waals surface area contributed by atoms with Gasteiger partial charge in [-0.25, -0.2) is 4.98 Å². The van der Waals surface area contributed by atoms with Crippen LogP contribution in [-0.2, 0) is 9.53 Å². The Bertz CT molecular complexity index is 724. The molecule has 1 aliphatic rings. The maximum atomic E-state index is 12.4. The average Bonchev–Trinajstić information content (AvgIpc) is 3.09.